The van der Waals surface area contributed by atoms with Gasteiger partial charge in [-0.25, -0.2) is 4.79 Å². The molecule has 254 valence electrons. The van der Waals surface area contributed by atoms with Crippen LogP contribution in [0.25, 0.3) is 0 Å². The summed E-state index contributed by atoms with van der Waals surface area (Å²) in [5.74, 6) is -2.07. The van der Waals surface area contributed by atoms with E-state index in [2.05, 4.69) is 16.0 Å². The molecular formula is C37H39N5O7. The van der Waals surface area contributed by atoms with Gasteiger partial charge in [0.2, 0.25) is 11.8 Å². The number of aryl methyl sites for hydroxylation is 1. The van der Waals surface area contributed by atoms with E-state index in [1.54, 1.807) is 67.7 Å². The first-order valence-corrected chi connectivity index (χ1v) is 15.5. The zero-order chi connectivity index (χ0) is 35.5. The molecule has 0 aliphatic heterocycles. The Labute approximate surface area is 284 Å². The largest absolute Gasteiger partial charge is 0.484 e. The molecule has 0 fully saturated rings. The number of urea groups is 1. The highest BCUT2D eigenvalue weighted by molar-refractivity contribution is 6.05. The number of rotatable bonds is 13. The first-order chi connectivity index (χ1) is 23.4. The summed E-state index contributed by atoms with van der Waals surface area (Å²) in [6.45, 7) is 4.80. The molecule has 0 bridgehead atoms. The second-order valence-electron chi connectivity index (χ2n) is 11.4. The molecule has 0 saturated carbocycles. The summed E-state index contributed by atoms with van der Waals surface area (Å²) in [5, 5.41) is 17.0. The standard InChI is InChI=1S/C37H39N5O7/c1-24-16-17-32(26(3)25(24)2)40-33(43)23-49-31-15-9-14-30(20-31)42(22-35(45)41(4)29-12-6-5-7-13-29)34(44)21-38-37(48)39-28-11-8-10-27(18-28)19-36(46)47/h5-18,20H,19,21-23H2,1-4H3,(H,40,43)(H,46,47)(H2,38,39,48). The highest BCUT2D eigenvalue weighted by Crippen LogP contribution is 2.24. The van der Waals surface area contributed by atoms with Crippen molar-refractivity contribution in [3.8, 4) is 5.75 Å². The zero-order valence-electron chi connectivity index (χ0n) is 27.8. The van der Waals surface area contributed by atoms with E-state index in [4.69, 9.17) is 9.84 Å². The predicted octanol–water partition coefficient (Wildman–Crippen LogP) is 5.07. The van der Waals surface area contributed by atoms with Crippen molar-refractivity contribution in [3.05, 3.63) is 113 Å². The molecular weight excluding hydrogens is 626 g/mol. The molecule has 0 radical (unpaired) electrons. The maximum atomic E-state index is 13.6. The number of nitrogens with one attached hydrogen (secondary N) is 3. The Morgan fingerprint density at radius 2 is 1.47 bits per heavy atom. The summed E-state index contributed by atoms with van der Waals surface area (Å²) in [4.78, 5) is 66.1. The molecule has 4 aromatic carbocycles. The van der Waals surface area contributed by atoms with Gasteiger partial charge >= 0.3 is 12.0 Å². The van der Waals surface area contributed by atoms with Gasteiger partial charge in [0.25, 0.3) is 5.91 Å². The Kier molecular flexibility index (Phi) is 12.1. The Morgan fingerprint density at radius 1 is 0.755 bits per heavy atom. The maximum Gasteiger partial charge on any atom is 0.319 e. The fourth-order valence-electron chi connectivity index (χ4n) is 4.89. The lowest BCUT2D eigenvalue weighted by Gasteiger charge is -2.26. The van der Waals surface area contributed by atoms with E-state index in [1.165, 1.54) is 21.9 Å². The molecule has 4 N–H and O–H groups in total. The number of anilines is 4. The zero-order valence-corrected chi connectivity index (χ0v) is 27.8. The monoisotopic (exact) mass is 665 g/mol. The average molecular weight is 666 g/mol. The number of aliphatic carboxylic acids is 1. The number of carboxylic acids is 1. The minimum Gasteiger partial charge on any atom is -0.484 e. The van der Waals surface area contributed by atoms with E-state index in [0.717, 1.165) is 16.7 Å². The lowest BCUT2D eigenvalue weighted by Crippen LogP contribution is -2.46. The summed E-state index contributed by atoms with van der Waals surface area (Å²) in [6, 6.07) is 24.8. The molecule has 49 heavy (non-hydrogen) atoms. The van der Waals surface area contributed by atoms with Gasteiger partial charge in [0.1, 0.15) is 12.3 Å². The summed E-state index contributed by atoms with van der Waals surface area (Å²) in [6.07, 6.45) is -0.213. The second-order valence-corrected chi connectivity index (χ2v) is 11.4. The van der Waals surface area contributed by atoms with Crippen LogP contribution < -0.4 is 30.5 Å². The van der Waals surface area contributed by atoms with Crippen LogP contribution >= 0.6 is 0 Å². The Hall–Kier alpha value is -6.17. The summed E-state index contributed by atoms with van der Waals surface area (Å²) >= 11 is 0. The normalized spacial score (nSPS) is 10.4. The van der Waals surface area contributed by atoms with Crippen LogP contribution in [0, 0.1) is 20.8 Å². The first kappa shape index (κ1) is 35.7. The molecule has 12 heteroatoms. The fourth-order valence-corrected chi connectivity index (χ4v) is 4.89. The highest BCUT2D eigenvalue weighted by atomic mass is 16.5. The molecule has 0 atom stereocenters. The number of amides is 5. The van der Waals surface area contributed by atoms with E-state index < -0.39 is 30.4 Å². The number of carbonyl (C=O) groups is 5. The quantitative estimate of drug-likeness (QED) is 0.155. The average Bonchev–Trinajstić information content (AvgIpc) is 3.09. The van der Waals surface area contributed by atoms with Crippen molar-refractivity contribution in [1.29, 1.82) is 0 Å². The number of nitrogens with zero attached hydrogens (tertiary/aromatic N) is 2. The Balaban J connectivity index is 1.46. The van der Waals surface area contributed by atoms with Gasteiger partial charge in [-0.05, 0) is 85.5 Å². The maximum absolute atomic E-state index is 13.6. The van der Waals surface area contributed by atoms with Crippen LogP contribution in [0.5, 0.6) is 5.75 Å². The predicted molar refractivity (Wildman–Crippen MR) is 188 cm³/mol. The van der Waals surface area contributed by atoms with Crippen LogP contribution in [-0.2, 0) is 25.6 Å². The van der Waals surface area contributed by atoms with Crippen molar-refractivity contribution < 1.29 is 33.8 Å². The van der Waals surface area contributed by atoms with E-state index in [0.29, 0.717) is 28.3 Å². The van der Waals surface area contributed by atoms with Gasteiger partial charge in [0.05, 0.1) is 13.0 Å². The van der Waals surface area contributed by atoms with Crippen LogP contribution in [-0.4, -0.2) is 61.6 Å². The van der Waals surface area contributed by atoms with Crippen LogP contribution in [0.1, 0.15) is 22.3 Å². The molecule has 4 rings (SSSR count). The lowest BCUT2D eigenvalue weighted by atomic mass is 10.0. The van der Waals surface area contributed by atoms with Gasteiger partial charge in [0, 0.05) is 35.9 Å². The minimum absolute atomic E-state index is 0.213. The van der Waals surface area contributed by atoms with Gasteiger partial charge in [-0.1, -0.05) is 42.5 Å². The molecule has 0 heterocycles. The third-order valence-corrected chi connectivity index (χ3v) is 7.88. The number of likely N-dealkylation sites (N-methyl/N-ethyl adjacent to an activating group) is 1. The van der Waals surface area contributed by atoms with E-state index in [1.807, 2.05) is 39.0 Å². The van der Waals surface area contributed by atoms with Crippen molar-refractivity contribution in [2.45, 2.75) is 27.2 Å². The van der Waals surface area contributed by atoms with Crippen molar-refractivity contribution in [3.63, 3.8) is 0 Å². The van der Waals surface area contributed by atoms with E-state index in [-0.39, 0.29) is 31.2 Å². The molecule has 5 amide bonds. The fraction of sp³-hybridized carbons (Fsp3) is 0.216. The van der Waals surface area contributed by atoms with Gasteiger partial charge in [-0.3, -0.25) is 19.2 Å². The number of hydrogen-bond donors (Lipinski definition) is 4. The van der Waals surface area contributed by atoms with E-state index in [9.17, 15) is 24.0 Å². The molecule has 12 nitrogen and oxygen atoms in total. The number of hydrogen-bond acceptors (Lipinski definition) is 6. The van der Waals surface area contributed by atoms with Crippen molar-refractivity contribution in [2.24, 2.45) is 0 Å². The van der Waals surface area contributed by atoms with Gasteiger partial charge in [-0.2, -0.15) is 0 Å². The third-order valence-electron chi connectivity index (χ3n) is 7.88. The molecule has 0 unspecified atom stereocenters. The summed E-state index contributed by atoms with van der Waals surface area (Å²) in [7, 11) is 1.60. The van der Waals surface area contributed by atoms with Crippen LogP contribution in [0.3, 0.4) is 0 Å². The molecule has 0 saturated heterocycles. The van der Waals surface area contributed by atoms with Crippen molar-refractivity contribution >= 4 is 52.5 Å². The topological polar surface area (TPSA) is 157 Å². The molecule has 0 aliphatic rings. The number of ether oxygens (including phenoxy) is 1. The van der Waals surface area contributed by atoms with Crippen LogP contribution in [0.4, 0.5) is 27.5 Å². The van der Waals surface area contributed by atoms with Crippen molar-refractivity contribution in [1.82, 2.24) is 5.32 Å². The van der Waals surface area contributed by atoms with Gasteiger partial charge in [0.15, 0.2) is 6.61 Å². The second kappa shape index (κ2) is 16.6. The van der Waals surface area contributed by atoms with Gasteiger partial charge < -0.3 is 35.6 Å². The number of carbonyl (C=O) groups excluding carboxylic acids is 4. The third kappa shape index (κ3) is 10.2. The lowest BCUT2D eigenvalue weighted by molar-refractivity contribution is -0.136. The van der Waals surface area contributed by atoms with Crippen molar-refractivity contribution in [2.75, 3.05) is 47.2 Å². The molecule has 4 aromatic rings. The van der Waals surface area contributed by atoms with E-state index >= 15 is 0 Å². The Morgan fingerprint density at radius 3 is 2.20 bits per heavy atom. The summed E-state index contributed by atoms with van der Waals surface area (Å²) < 4.78 is 5.76. The molecule has 0 aromatic heterocycles. The molecule has 0 aliphatic carbocycles. The van der Waals surface area contributed by atoms with Gasteiger partial charge in [-0.15, -0.1) is 0 Å². The minimum atomic E-state index is -1.01. The first-order valence-electron chi connectivity index (χ1n) is 15.5. The number of carboxylic acid groups (broad SMARTS) is 1. The Bertz CT molecular complexity index is 1840. The smallest absolute Gasteiger partial charge is 0.319 e. The number of para-hydroxylation sites is 1. The number of benzene rings is 4. The SMILES string of the molecule is Cc1ccc(NC(=O)COc2cccc(N(CC(=O)N(C)c3ccccc3)C(=O)CNC(=O)Nc3cccc(CC(=O)O)c3)c2)c(C)c1C. The molecule has 0 spiro atoms. The summed E-state index contributed by atoms with van der Waals surface area (Å²) in [5.41, 5.74) is 5.64. The van der Waals surface area contributed by atoms with Crippen LogP contribution in [0.15, 0.2) is 91.0 Å². The highest BCUT2D eigenvalue weighted by Gasteiger charge is 2.23. The van der Waals surface area contributed by atoms with Crippen LogP contribution in [0.2, 0.25) is 0 Å².